The van der Waals surface area contributed by atoms with E-state index in [9.17, 15) is 4.79 Å². The molecule has 0 bridgehead atoms. The summed E-state index contributed by atoms with van der Waals surface area (Å²) in [4.78, 5) is 32.9. The average Bonchev–Trinajstić information content (AvgIpc) is 3.17. The number of rotatable bonds is 4. The first kappa shape index (κ1) is 16.6. The third-order valence-corrected chi connectivity index (χ3v) is 4.65. The number of nitrogens with one attached hydrogen (secondary N) is 1. The number of nitrogens with zero attached hydrogens (tertiary/aromatic N) is 5. The summed E-state index contributed by atoms with van der Waals surface area (Å²) in [6, 6.07) is 1.75. The van der Waals surface area contributed by atoms with Crippen LogP contribution in [0.4, 0.5) is 0 Å². The van der Waals surface area contributed by atoms with E-state index in [0.717, 1.165) is 43.3 Å². The van der Waals surface area contributed by atoms with E-state index in [2.05, 4.69) is 31.8 Å². The molecule has 0 aliphatic carbocycles. The molecular formula is C17H24N6O. The Morgan fingerprint density at radius 1 is 1.42 bits per heavy atom. The molecule has 0 saturated carbocycles. The SMILES string of the molecule is Cc1cc(C(=O)N(C)C)nc([C@@]2(C)CCCN2Cc2ncc[nH]2)n1. The zero-order chi connectivity index (χ0) is 17.3. The lowest BCUT2D eigenvalue weighted by atomic mass is 9.97. The van der Waals surface area contributed by atoms with Crippen molar-refractivity contribution in [1.29, 1.82) is 0 Å². The molecule has 24 heavy (non-hydrogen) atoms. The van der Waals surface area contributed by atoms with Gasteiger partial charge in [-0.25, -0.2) is 15.0 Å². The lowest BCUT2D eigenvalue weighted by molar-refractivity contribution is 0.0818. The van der Waals surface area contributed by atoms with E-state index in [4.69, 9.17) is 0 Å². The zero-order valence-electron chi connectivity index (χ0n) is 14.7. The number of aromatic nitrogens is 4. The molecule has 1 atom stereocenters. The van der Waals surface area contributed by atoms with Crippen molar-refractivity contribution >= 4 is 5.91 Å². The maximum atomic E-state index is 12.3. The number of H-pyrrole nitrogens is 1. The first-order valence-corrected chi connectivity index (χ1v) is 8.21. The smallest absolute Gasteiger partial charge is 0.272 e. The minimum Gasteiger partial charge on any atom is -0.348 e. The van der Waals surface area contributed by atoms with Gasteiger partial charge < -0.3 is 9.88 Å². The topological polar surface area (TPSA) is 78.0 Å². The number of aromatic amines is 1. The molecule has 0 unspecified atom stereocenters. The highest BCUT2D eigenvalue weighted by atomic mass is 16.2. The van der Waals surface area contributed by atoms with Gasteiger partial charge in [-0.15, -0.1) is 0 Å². The van der Waals surface area contributed by atoms with E-state index in [0.29, 0.717) is 5.69 Å². The third kappa shape index (κ3) is 3.03. The molecule has 1 amide bonds. The van der Waals surface area contributed by atoms with Crippen LogP contribution < -0.4 is 0 Å². The van der Waals surface area contributed by atoms with Gasteiger partial charge in [-0.2, -0.15) is 0 Å². The van der Waals surface area contributed by atoms with Crippen LogP contribution >= 0.6 is 0 Å². The molecule has 3 rings (SSSR count). The Labute approximate surface area is 142 Å². The number of carbonyl (C=O) groups excluding carboxylic acids is 1. The van der Waals surface area contributed by atoms with Crippen molar-refractivity contribution in [3.63, 3.8) is 0 Å². The molecule has 0 spiro atoms. The highest BCUT2D eigenvalue weighted by Gasteiger charge is 2.41. The summed E-state index contributed by atoms with van der Waals surface area (Å²) in [5.41, 5.74) is 0.977. The van der Waals surface area contributed by atoms with Gasteiger partial charge in [0.2, 0.25) is 0 Å². The Hall–Kier alpha value is -2.28. The number of amides is 1. The van der Waals surface area contributed by atoms with E-state index in [1.165, 1.54) is 0 Å². The number of hydrogen-bond donors (Lipinski definition) is 1. The van der Waals surface area contributed by atoms with Gasteiger partial charge in [0.05, 0.1) is 12.1 Å². The molecule has 1 N–H and O–H groups in total. The Balaban J connectivity index is 1.95. The van der Waals surface area contributed by atoms with Crippen LogP contribution in [0.15, 0.2) is 18.5 Å². The normalized spacial score (nSPS) is 21.2. The first-order valence-electron chi connectivity index (χ1n) is 8.21. The molecule has 7 heteroatoms. The fourth-order valence-electron chi connectivity index (χ4n) is 3.24. The van der Waals surface area contributed by atoms with Crippen molar-refractivity contribution in [3.8, 4) is 0 Å². The second kappa shape index (κ2) is 6.32. The minimum absolute atomic E-state index is 0.0964. The summed E-state index contributed by atoms with van der Waals surface area (Å²) >= 11 is 0. The van der Waals surface area contributed by atoms with Crippen molar-refractivity contribution in [1.82, 2.24) is 29.7 Å². The molecule has 1 aliphatic rings. The lowest BCUT2D eigenvalue weighted by Crippen LogP contribution is -2.40. The van der Waals surface area contributed by atoms with Gasteiger partial charge in [0.1, 0.15) is 17.3 Å². The molecule has 1 aliphatic heterocycles. The minimum atomic E-state index is -0.292. The molecular weight excluding hydrogens is 304 g/mol. The maximum Gasteiger partial charge on any atom is 0.272 e. The Morgan fingerprint density at radius 2 is 2.21 bits per heavy atom. The fraction of sp³-hybridized carbons (Fsp3) is 0.529. The van der Waals surface area contributed by atoms with Crippen LogP contribution in [0.2, 0.25) is 0 Å². The first-order chi connectivity index (χ1) is 11.4. The molecule has 128 valence electrons. The van der Waals surface area contributed by atoms with Crippen molar-refractivity contribution in [2.75, 3.05) is 20.6 Å². The van der Waals surface area contributed by atoms with E-state index in [-0.39, 0.29) is 11.4 Å². The van der Waals surface area contributed by atoms with Crippen molar-refractivity contribution in [2.24, 2.45) is 0 Å². The molecule has 3 heterocycles. The summed E-state index contributed by atoms with van der Waals surface area (Å²) in [6.45, 7) is 5.75. The quantitative estimate of drug-likeness (QED) is 0.924. The summed E-state index contributed by atoms with van der Waals surface area (Å²) in [5.74, 6) is 1.55. The van der Waals surface area contributed by atoms with E-state index < -0.39 is 0 Å². The highest BCUT2D eigenvalue weighted by Crippen LogP contribution is 2.37. The number of aryl methyl sites for hydroxylation is 1. The van der Waals surface area contributed by atoms with Gasteiger partial charge in [-0.1, -0.05) is 0 Å². The molecule has 2 aromatic rings. The van der Waals surface area contributed by atoms with Crippen LogP contribution in [-0.4, -0.2) is 56.3 Å². The molecule has 0 radical (unpaired) electrons. The van der Waals surface area contributed by atoms with Crippen LogP contribution in [0.3, 0.4) is 0 Å². The van der Waals surface area contributed by atoms with Crippen LogP contribution in [0.1, 0.15) is 47.6 Å². The van der Waals surface area contributed by atoms with Gasteiger partial charge in [-0.05, 0) is 39.3 Å². The second-order valence-electron chi connectivity index (χ2n) is 6.75. The van der Waals surface area contributed by atoms with E-state index in [1.807, 2.05) is 13.1 Å². The standard InChI is InChI=1S/C17H24N6O/c1-12-10-13(15(24)22(3)4)21-16(20-12)17(2)6-5-9-23(17)11-14-18-7-8-19-14/h7-8,10H,5-6,9,11H2,1-4H3,(H,18,19)/t17-/m1/s1. The van der Waals surface area contributed by atoms with Gasteiger partial charge in [-0.3, -0.25) is 9.69 Å². The van der Waals surface area contributed by atoms with Crippen LogP contribution in [0.5, 0.6) is 0 Å². The van der Waals surface area contributed by atoms with Crippen LogP contribution in [0, 0.1) is 6.92 Å². The van der Waals surface area contributed by atoms with Crippen molar-refractivity contribution < 1.29 is 4.79 Å². The maximum absolute atomic E-state index is 12.3. The number of carbonyl (C=O) groups is 1. The monoisotopic (exact) mass is 328 g/mol. The third-order valence-electron chi connectivity index (χ3n) is 4.65. The molecule has 0 aromatic carbocycles. The summed E-state index contributed by atoms with van der Waals surface area (Å²) in [7, 11) is 3.47. The largest absolute Gasteiger partial charge is 0.348 e. The zero-order valence-corrected chi connectivity index (χ0v) is 14.7. The molecule has 2 aromatic heterocycles. The second-order valence-corrected chi connectivity index (χ2v) is 6.75. The number of imidazole rings is 1. The number of hydrogen-bond acceptors (Lipinski definition) is 5. The average molecular weight is 328 g/mol. The summed E-state index contributed by atoms with van der Waals surface area (Å²) in [5, 5.41) is 0. The predicted molar refractivity (Wildman–Crippen MR) is 90.4 cm³/mol. The van der Waals surface area contributed by atoms with Gasteiger partial charge in [0.15, 0.2) is 0 Å². The Morgan fingerprint density at radius 3 is 2.88 bits per heavy atom. The van der Waals surface area contributed by atoms with Crippen LogP contribution in [-0.2, 0) is 12.1 Å². The number of likely N-dealkylation sites (tertiary alicyclic amines) is 1. The fourth-order valence-corrected chi connectivity index (χ4v) is 3.24. The van der Waals surface area contributed by atoms with Gasteiger partial charge >= 0.3 is 0 Å². The van der Waals surface area contributed by atoms with Crippen molar-refractivity contribution in [3.05, 3.63) is 41.5 Å². The lowest BCUT2D eigenvalue weighted by Gasteiger charge is -2.33. The predicted octanol–water partition coefficient (Wildman–Crippen LogP) is 1.72. The van der Waals surface area contributed by atoms with E-state index in [1.54, 1.807) is 31.3 Å². The van der Waals surface area contributed by atoms with Gasteiger partial charge in [0.25, 0.3) is 5.91 Å². The van der Waals surface area contributed by atoms with E-state index >= 15 is 0 Å². The highest BCUT2D eigenvalue weighted by molar-refractivity contribution is 5.92. The Kier molecular flexibility index (Phi) is 4.36. The molecule has 1 saturated heterocycles. The van der Waals surface area contributed by atoms with Crippen molar-refractivity contribution in [2.45, 2.75) is 38.8 Å². The molecule has 7 nitrogen and oxygen atoms in total. The van der Waals surface area contributed by atoms with Crippen LogP contribution in [0.25, 0.3) is 0 Å². The summed E-state index contributed by atoms with van der Waals surface area (Å²) in [6.07, 6.45) is 5.64. The van der Waals surface area contributed by atoms with Gasteiger partial charge in [0, 0.05) is 32.2 Å². The molecule has 1 fully saturated rings. The Bertz CT molecular complexity index is 727. The summed E-state index contributed by atoms with van der Waals surface area (Å²) < 4.78 is 0.